The fourth-order valence-corrected chi connectivity index (χ4v) is 4.04. The largest absolute Gasteiger partial charge is 0.368 e. The van der Waals surface area contributed by atoms with Gasteiger partial charge in [0.15, 0.2) is 0 Å². The van der Waals surface area contributed by atoms with E-state index in [1.54, 1.807) is 21.7 Å². The molecule has 2 N–H and O–H groups in total. The maximum atomic E-state index is 12.0. The Kier molecular flexibility index (Phi) is 5.80. The Balaban J connectivity index is 1.37. The van der Waals surface area contributed by atoms with Gasteiger partial charge in [0.1, 0.15) is 0 Å². The van der Waals surface area contributed by atoms with Gasteiger partial charge in [-0.15, -0.1) is 0 Å². The molecule has 9 heteroatoms. The molecule has 0 radical (unpaired) electrons. The molecule has 0 spiro atoms. The lowest BCUT2D eigenvalue weighted by Gasteiger charge is -2.37. The number of nitrogens with zero attached hydrogens (tertiary/aromatic N) is 5. The van der Waals surface area contributed by atoms with Crippen LogP contribution in [-0.2, 0) is 0 Å². The third-order valence-electron chi connectivity index (χ3n) is 5.24. The zero-order chi connectivity index (χ0) is 20.4. The van der Waals surface area contributed by atoms with E-state index in [4.69, 9.17) is 28.9 Å². The minimum Gasteiger partial charge on any atom is -0.368 e. The standard InChI is InChI=1S/C20H22Cl2N6O/c21-17-2-1-3-18(19(17)22)26-11-8-25(9-12-26)10-13-27(20(23)29)16-5-4-15-6-7-24-28(15)14-16/h1-7,14H,8-13H2,(H2,23,29). The fraction of sp³-hybridized carbons (Fsp3) is 0.300. The molecule has 4 rings (SSSR count). The van der Waals surface area contributed by atoms with E-state index >= 15 is 0 Å². The highest BCUT2D eigenvalue weighted by Crippen LogP contribution is 2.32. The molecule has 152 valence electrons. The van der Waals surface area contributed by atoms with Crippen LogP contribution in [0.5, 0.6) is 0 Å². The van der Waals surface area contributed by atoms with Crippen molar-refractivity contribution in [2.24, 2.45) is 5.73 Å². The number of benzene rings is 1. The summed E-state index contributed by atoms with van der Waals surface area (Å²) in [5.41, 5.74) is 8.30. The van der Waals surface area contributed by atoms with E-state index in [9.17, 15) is 4.79 Å². The number of hydrogen-bond donors (Lipinski definition) is 1. The zero-order valence-corrected chi connectivity index (χ0v) is 17.4. The van der Waals surface area contributed by atoms with Gasteiger partial charge in [-0.25, -0.2) is 9.31 Å². The van der Waals surface area contributed by atoms with Crippen molar-refractivity contribution in [2.45, 2.75) is 0 Å². The Hall–Kier alpha value is -2.48. The van der Waals surface area contributed by atoms with E-state index in [2.05, 4.69) is 14.9 Å². The van der Waals surface area contributed by atoms with E-state index < -0.39 is 6.03 Å². The number of hydrogen-bond acceptors (Lipinski definition) is 4. The molecule has 1 aliphatic rings. The Morgan fingerprint density at radius 2 is 1.90 bits per heavy atom. The number of carbonyl (C=O) groups is 1. The number of primary amides is 1. The molecule has 3 aromatic rings. The number of rotatable bonds is 5. The van der Waals surface area contributed by atoms with Crippen molar-refractivity contribution >= 4 is 46.1 Å². The van der Waals surface area contributed by atoms with Gasteiger partial charge in [0.2, 0.25) is 0 Å². The lowest BCUT2D eigenvalue weighted by Crippen LogP contribution is -2.49. The van der Waals surface area contributed by atoms with Crippen LogP contribution in [0.1, 0.15) is 0 Å². The molecule has 1 fully saturated rings. The molecule has 29 heavy (non-hydrogen) atoms. The second-order valence-electron chi connectivity index (χ2n) is 6.98. The van der Waals surface area contributed by atoms with Crippen LogP contribution in [0.4, 0.5) is 16.2 Å². The smallest absolute Gasteiger partial charge is 0.319 e. The van der Waals surface area contributed by atoms with Crippen molar-refractivity contribution < 1.29 is 4.79 Å². The molecule has 0 aliphatic carbocycles. The molecule has 0 unspecified atom stereocenters. The van der Waals surface area contributed by atoms with E-state index in [1.807, 2.05) is 36.5 Å². The van der Waals surface area contributed by atoms with Gasteiger partial charge in [0.05, 0.1) is 33.1 Å². The van der Waals surface area contributed by atoms with Crippen LogP contribution in [0.15, 0.2) is 48.8 Å². The van der Waals surface area contributed by atoms with Crippen LogP contribution in [0, 0.1) is 0 Å². The van der Waals surface area contributed by atoms with Crippen molar-refractivity contribution in [3.05, 3.63) is 58.8 Å². The first-order chi connectivity index (χ1) is 14.0. The van der Waals surface area contributed by atoms with Crippen molar-refractivity contribution in [1.29, 1.82) is 0 Å². The summed E-state index contributed by atoms with van der Waals surface area (Å²) in [5.74, 6) is 0. The molecule has 0 bridgehead atoms. The molecular formula is C20H22Cl2N6O. The second kappa shape index (κ2) is 8.49. The molecule has 0 saturated carbocycles. The molecule has 7 nitrogen and oxygen atoms in total. The number of pyridine rings is 1. The summed E-state index contributed by atoms with van der Waals surface area (Å²) in [7, 11) is 0. The van der Waals surface area contributed by atoms with Gasteiger partial charge >= 0.3 is 6.03 Å². The Morgan fingerprint density at radius 3 is 2.66 bits per heavy atom. The van der Waals surface area contributed by atoms with Gasteiger partial charge < -0.3 is 10.6 Å². The van der Waals surface area contributed by atoms with E-state index in [0.717, 1.165) is 49.6 Å². The Labute approximate surface area is 179 Å². The average Bonchev–Trinajstić information content (AvgIpc) is 3.18. The highest BCUT2D eigenvalue weighted by Gasteiger charge is 2.21. The third-order valence-corrected chi connectivity index (χ3v) is 6.05. The first-order valence-electron chi connectivity index (χ1n) is 9.44. The molecule has 2 aromatic heterocycles. The molecule has 2 amide bonds. The quantitative estimate of drug-likeness (QED) is 0.670. The van der Waals surface area contributed by atoms with Gasteiger partial charge in [-0.1, -0.05) is 29.3 Å². The second-order valence-corrected chi connectivity index (χ2v) is 7.76. The molecule has 0 atom stereocenters. The number of aromatic nitrogens is 2. The number of anilines is 2. The van der Waals surface area contributed by atoms with Crippen LogP contribution < -0.4 is 15.5 Å². The van der Waals surface area contributed by atoms with Gasteiger partial charge in [0.25, 0.3) is 0 Å². The van der Waals surface area contributed by atoms with Crippen LogP contribution in [-0.4, -0.2) is 59.8 Å². The number of piperazine rings is 1. The SMILES string of the molecule is NC(=O)N(CCN1CCN(c2cccc(Cl)c2Cl)CC1)c1ccc2ccnn2c1. The highest BCUT2D eigenvalue weighted by atomic mass is 35.5. The first-order valence-corrected chi connectivity index (χ1v) is 10.2. The Bertz CT molecular complexity index is 1020. The molecule has 3 heterocycles. The van der Waals surface area contributed by atoms with Crippen molar-refractivity contribution in [3.63, 3.8) is 0 Å². The molecule has 1 aromatic carbocycles. The fourth-order valence-electron chi connectivity index (χ4n) is 3.62. The van der Waals surface area contributed by atoms with Crippen LogP contribution in [0.2, 0.25) is 10.0 Å². The number of nitrogens with two attached hydrogens (primary N) is 1. The molecule has 1 aliphatic heterocycles. The summed E-state index contributed by atoms with van der Waals surface area (Å²) in [5, 5.41) is 5.38. The average molecular weight is 433 g/mol. The summed E-state index contributed by atoms with van der Waals surface area (Å²) < 4.78 is 1.73. The summed E-state index contributed by atoms with van der Waals surface area (Å²) >= 11 is 12.5. The maximum Gasteiger partial charge on any atom is 0.319 e. The number of carbonyl (C=O) groups excluding carboxylic acids is 1. The minimum atomic E-state index is -0.471. The monoisotopic (exact) mass is 432 g/mol. The van der Waals surface area contributed by atoms with Crippen LogP contribution in [0.25, 0.3) is 5.52 Å². The van der Waals surface area contributed by atoms with Crippen LogP contribution in [0.3, 0.4) is 0 Å². The van der Waals surface area contributed by atoms with Crippen LogP contribution >= 0.6 is 23.2 Å². The van der Waals surface area contributed by atoms with Gasteiger partial charge in [-0.2, -0.15) is 5.10 Å². The lowest BCUT2D eigenvalue weighted by molar-refractivity contribution is 0.245. The summed E-state index contributed by atoms with van der Waals surface area (Å²) in [6, 6.07) is 10.9. The number of urea groups is 1. The third kappa shape index (κ3) is 4.27. The summed E-state index contributed by atoms with van der Waals surface area (Å²) in [4.78, 5) is 18.2. The van der Waals surface area contributed by atoms with Gasteiger partial charge in [-0.3, -0.25) is 9.80 Å². The van der Waals surface area contributed by atoms with E-state index in [0.29, 0.717) is 16.6 Å². The Morgan fingerprint density at radius 1 is 1.10 bits per heavy atom. The summed E-state index contributed by atoms with van der Waals surface area (Å²) in [6.45, 7) is 4.67. The number of amides is 2. The first kappa shape index (κ1) is 19.8. The normalized spacial score (nSPS) is 15.0. The minimum absolute atomic E-state index is 0.471. The zero-order valence-electron chi connectivity index (χ0n) is 15.8. The van der Waals surface area contributed by atoms with E-state index in [-0.39, 0.29) is 0 Å². The predicted octanol–water partition coefficient (Wildman–Crippen LogP) is 3.35. The lowest BCUT2D eigenvalue weighted by atomic mass is 10.2. The van der Waals surface area contributed by atoms with Gasteiger partial charge in [-0.05, 0) is 30.3 Å². The number of halogens is 2. The number of fused-ring (bicyclic) bond motifs is 1. The summed E-state index contributed by atoms with van der Waals surface area (Å²) in [6.07, 6.45) is 3.54. The van der Waals surface area contributed by atoms with Crippen molar-refractivity contribution in [3.8, 4) is 0 Å². The molecular weight excluding hydrogens is 411 g/mol. The maximum absolute atomic E-state index is 12.0. The van der Waals surface area contributed by atoms with Crippen molar-refractivity contribution in [1.82, 2.24) is 14.5 Å². The van der Waals surface area contributed by atoms with E-state index in [1.165, 1.54) is 0 Å². The predicted molar refractivity (Wildman–Crippen MR) is 117 cm³/mol. The topological polar surface area (TPSA) is 70.1 Å². The highest BCUT2D eigenvalue weighted by molar-refractivity contribution is 6.43. The van der Waals surface area contributed by atoms with Gasteiger partial charge in [0, 0.05) is 45.5 Å². The molecule has 1 saturated heterocycles. The van der Waals surface area contributed by atoms with Crippen molar-refractivity contribution in [2.75, 3.05) is 49.1 Å².